The molecule has 0 bridgehead atoms. The van der Waals surface area contributed by atoms with E-state index in [9.17, 15) is 10.1 Å². The van der Waals surface area contributed by atoms with E-state index in [1.807, 2.05) is 0 Å². The molecule has 0 aromatic heterocycles. The van der Waals surface area contributed by atoms with Gasteiger partial charge in [-0.25, -0.2) is 0 Å². The number of aryl methyl sites for hydroxylation is 1. The van der Waals surface area contributed by atoms with Crippen LogP contribution in [0, 0.1) is 17.0 Å². The molecule has 0 saturated heterocycles. The van der Waals surface area contributed by atoms with E-state index in [1.165, 1.54) is 34.7 Å². The van der Waals surface area contributed by atoms with Crippen LogP contribution in [0.5, 0.6) is 0 Å². The average molecular weight is 397 g/mol. The lowest BCUT2D eigenvalue weighted by Gasteiger charge is -2.15. The van der Waals surface area contributed by atoms with Gasteiger partial charge in [0.05, 0.1) is 30.2 Å². The summed E-state index contributed by atoms with van der Waals surface area (Å²) in [6.45, 7) is 11.7. The van der Waals surface area contributed by atoms with E-state index in [1.54, 1.807) is 12.1 Å². The van der Waals surface area contributed by atoms with Crippen molar-refractivity contribution < 1.29 is 19.0 Å². The summed E-state index contributed by atoms with van der Waals surface area (Å²) in [5.41, 5.74) is 6.31. The molecule has 0 saturated carbocycles. The largest absolute Gasteiger partial charge is 0.374 e. The topological polar surface area (TPSA) is 64.6 Å². The highest BCUT2D eigenvalue weighted by molar-refractivity contribution is 5.93. The zero-order valence-corrected chi connectivity index (χ0v) is 17.6. The molecule has 0 atom stereocenters. The van der Waals surface area contributed by atoms with Crippen LogP contribution in [0.4, 0.5) is 11.4 Å². The Bertz CT molecular complexity index is 917. The molecular formula is C23H29N2O4+. The second-order valence-electron chi connectivity index (χ2n) is 7.97. The van der Waals surface area contributed by atoms with Crippen LogP contribution in [0.1, 0.15) is 37.5 Å². The first-order chi connectivity index (χ1) is 13.8. The molecule has 0 amide bonds. The van der Waals surface area contributed by atoms with Gasteiger partial charge in [0.25, 0.3) is 5.69 Å². The van der Waals surface area contributed by atoms with Gasteiger partial charge in [0, 0.05) is 30.7 Å². The number of nitro groups is 1. The number of fused-ring (bicyclic) bond motifs is 1. The molecule has 0 spiro atoms. The summed E-state index contributed by atoms with van der Waals surface area (Å²) in [4.78, 5) is 10.3. The lowest BCUT2D eigenvalue weighted by atomic mass is 9.82. The minimum absolute atomic E-state index is 0.0369. The minimum atomic E-state index is -0.404. The molecule has 0 N–H and O–H groups in total. The van der Waals surface area contributed by atoms with Gasteiger partial charge in [-0.15, -0.1) is 0 Å². The molecule has 0 aliphatic carbocycles. The predicted molar refractivity (Wildman–Crippen MR) is 113 cm³/mol. The van der Waals surface area contributed by atoms with Crippen molar-refractivity contribution in [3.05, 3.63) is 69.3 Å². The Kier molecular flexibility index (Phi) is 6.45. The maximum absolute atomic E-state index is 10.7. The molecule has 6 nitrogen and oxygen atoms in total. The highest BCUT2D eigenvalue weighted by atomic mass is 16.6. The molecule has 1 heterocycles. The Morgan fingerprint density at radius 3 is 2.38 bits per heavy atom. The molecule has 1 aliphatic heterocycles. The first kappa shape index (κ1) is 21.1. The zero-order chi connectivity index (χ0) is 21.0. The summed E-state index contributed by atoms with van der Waals surface area (Å²) >= 11 is 0. The summed E-state index contributed by atoms with van der Waals surface area (Å²) in [7, 11) is 0. The standard InChI is InChI=1S/C23H29N2O4/c1-17-5-10-22-21(15-17)23(3,4)18(2)24(22)11-12-28-13-14-29-16-19-6-8-20(9-7-19)25(26)27/h5-10,15H,11-14,16H2,1-4H3/q+1. The van der Waals surface area contributed by atoms with E-state index in [0.29, 0.717) is 26.4 Å². The Labute approximate surface area is 171 Å². The van der Waals surface area contributed by atoms with Crippen LogP contribution in [-0.2, 0) is 21.5 Å². The first-order valence-electron chi connectivity index (χ1n) is 9.92. The fourth-order valence-electron chi connectivity index (χ4n) is 3.67. The van der Waals surface area contributed by atoms with Gasteiger partial charge in [-0.3, -0.25) is 10.1 Å². The Morgan fingerprint density at radius 2 is 1.69 bits per heavy atom. The Balaban J connectivity index is 1.42. The van der Waals surface area contributed by atoms with Gasteiger partial charge >= 0.3 is 0 Å². The SMILES string of the molecule is CC1=[N+](CCOCCOCc2ccc([N+](=O)[O-])cc2)c2ccc(C)cc2C1(C)C. The van der Waals surface area contributed by atoms with Crippen molar-refractivity contribution in [3.63, 3.8) is 0 Å². The molecule has 29 heavy (non-hydrogen) atoms. The quantitative estimate of drug-likeness (QED) is 0.270. The van der Waals surface area contributed by atoms with E-state index in [4.69, 9.17) is 9.47 Å². The average Bonchev–Trinajstić information content (AvgIpc) is 2.88. The van der Waals surface area contributed by atoms with Gasteiger partial charge in [-0.1, -0.05) is 11.6 Å². The fourth-order valence-corrected chi connectivity index (χ4v) is 3.67. The zero-order valence-electron chi connectivity index (χ0n) is 17.6. The van der Waals surface area contributed by atoms with Crippen LogP contribution >= 0.6 is 0 Å². The van der Waals surface area contributed by atoms with Crippen LogP contribution in [0.15, 0.2) is 42.5 Å². The summed E-state index contributed by atoms with van der Waals surface area (Å²) in [6.07, 6.45) is 0. The third-order valence-corrected chi connectivity index (χ3v) is 5.67. The number of non-ortho nitro benzene ring substituents is 1. The monoisotopic (exact) mass is 397 g/mol. The molecule has 0 fully saturated rings. The van der Waals surface area contributed by atoms with Crippen molar-refractivity contribution in [1.29, 1.82) is 0 Å². The van der Waals surface area contributed by atoms with Crippen LogP contribution in [0.2, 0.25) is 0 Å². The molecular weight excluding hydrogens is 368 g/mol. The van der Waals surface area contributed by atoms with Gasteiger partial charge in [0.1, 0.15) is 6.61 Å². The van der Waals surface area contributed by atoms with E-state index < -0.39 is 4.92 Å². The summed E-state index contributed by atoms with van der Waals surface area (Å²) in [5.74, 6) is 0. The first-order valence-corrected chi connectivity index (χ1v) is 9.92. The van der Waals surface area contributed by atoms with Crippen molar-refractivity contribution >= 4 is 17.1 Å². The molecule has 1 aliphatic rings. The fraction of sp³-hybridized carbons (Fsp3) is 0.435. The number of nitro benzene ring substituents is 1. The normalized spacial score (nSPS) is 14.9. The molecule has 0 unspecified atom stereocenters. The van der Waals surface area contributed by atoms with Crippen LogP contribution in [0.3, 0.4) is 0 Å². The number of ether oxygens (including phenoxy) is 2. The van der Waals surface area contributed by atoms with Crippen LogP contribution < -0.4 is 0 Å². The highest BCUT2D eigenvalue weighted by Crippen LogP contribution is 2.39. The smallest absolute Gasteiger partial charge is 0.269 e. The Morgan fingerprint density at radius 1 is 1.00 bits per heavy atom. The predicted octanol–water partition coefficient (Wildman–Crippen LogP) is 4.53. The Hall–Kier alpha value is -2.57. The molecule has 154 valence electrons. The molecule has 2 aromatic rings. The van der Waals surface area contributed by atoms with Gasteiger partial charge in [0.15, 0.2) is 12.3 Å². The second kappa shape index (κ2) is 8.84. The third-order valence-electron chi connectivity index (χ3n) is 5.67. The van der Waals surface area contributed by atoms with Crippen molar-refractivity contribution in [2.75, 3.05) is 26.4 Å². The lowest BCUT2D eigenvalue weighted by Crippen LogP contribution is -2.27. The van der Waals surface area contributed by atoms with Crippen LogP contribution in [0.25, 0.3) is 0 Å². The highest BCUT2D eigenvalue weighted by Gasteiger charge is 2.42. The molecule has 0 radical (unpaired) electrons. The van der Waals surface area contributed by atoms with Crippen molar-refractivity contribution in [2.45, 2.75) is 39.7 Å². The lowest BCUT2D eigenvalue weighted by molar-refractivity contribution is -0.443. The van der Waals surface area contributed by atoms with Crippen molar-refractivity contribution in [3.8, 4) is 0 Å². The number of benzene rings is 2. The van der Waals surface area contributed by atoms with E-state index in [-0.39, 0.29) is 11.1 Å². The summed E-state index contributed by atoms with van der Waals surface area (Å²) < 4.78 is 13.7. The van der Waals surface area contributed by atoms with E-state index in [0.717, 1.165) is 12.1 Å². The number of hydrogen-bond donors (Lipinski definition) is 0. The van der Waals surface area contributed by atoms with E-state index >= 15 is 0 Å². The van der Waals surface area contributed by atoms with Crippen LogP contribution in [-0.4, -0.2) is 41.6 Å². The molecule has 2 aromatic carbocycles. The summed E-state index contributed by atoms with van der Waals surface area (Å²) in [6, 6.07) is 13.1. The van der Waals surface area contributed by atoms with Gasteiger partial charge < -0.3 is 9.47 Å². The maximum Gasteiger partial charge on any atom is 0.269 e. The number of nitrogens with zero attached hydrogens (tertiary/aromatic N) is 2. The molecule has 6 heteroatoms. The van der Waals surface area contributed by atoms with Crippen molar-refractivity contribution in [2.24, 2.45) is 0 Å². The second-order valence-corrected chi connectivity index (χ2v) is 7.97. The molecule has 3 rings (SSSR count). The van der Waals surface area contributed by atoms with Crippen molar-refractivity contribution in [1.82, 2.24) is 0 Å². The number of hydrogen-bond acceptors (Lipinski definition) is 4. The number of rotatable bonds is 9. The van der Waals surface area contributed by atoms with E-state index in [2.05, 4.69) is 50.5 Å². The summed E-state index contributed by atoms with van der Waals surface area (Å²) in [5, 5.41) is 10.7. The third kappa shape index (κ3) is 4.71. The van der Waals surface area contributed by atoms with Gasteiger partial charge in [-0.05, 0) is 44.5 Å². The maximum atomic E-state index is 10.7. The minimum Gasteiger partial charge on any atom is -0.374 e. The van der Waals surface area contributed by atoms with Gasteiger partial charge in [0.2, 0.25) is 5.69 Å². The van der Waals surface area contributed by atoms with Gasteiger partial charge in [-0.2, -0.15) is 4.58 Å².